The Kier molecular flexibility index (Phi) is 4.96. The van der Waals surface area contributed by atoms with Gasteiger partial charge in [-0.2, -0.15) is 0 Å². The van der Waals surface area contributed by atoms with Crippen LogP contribution in [0.3, 0.4) is 0 Å². The average molecular weight is 353 g/mol. The molecule has 2 rings (SSSR count). The van der Waals surface area contributed by atoms with Gasteiger partial charge in [0.1, 0.15) is 6.04 Å². The van der Waals surface area contributed by atoms with Crippen molar-refractivity contribution in [2.45, 2.75) is 19.5 Å². The van der Waals surface area contributed by atoms with Crippen molar-refractivity contribution in [1.82, 2.24) is 4.90 Å². The molecule has 0 aliphatic rings. The van der Waals surface area contributed by atoms with Crippen LogP contribution in [0.2, 0.25) is 0 Å². The molecule has 1 unspecified atom stereocenters. The van der Waals surface area contributed by atoms with Gasteiger partial charge >= 0.3 is 0 Å². The molecule has 1 aromatic heterocycles. The van der Waals surface area contributed by atoms with E-state index in [9.17, 15) is 4.79 Å². The minimum atomic E-state index is -0.607. The topological polar surface area (TPSA) is 46.3 Å². The van der Waals surface area contributed by atoms with Gasteiger partial charge in [0.15, 0.2) is 0 Å². The zero-order valence-electron chi connectivity index (χ0n) is 11.5. The molecular formula is C15H17BrN2OS. The third-order valence-electron chi connectivity index (χ3n) is 3.09. The number of rotatable bonds is 4. The first-order chi connectivity index (χ1) is 9.47. The molecule has 0 saturated carbocycles. The highest BCUT2D eigenvalue weighted by atomic mass is 79.9. The van der Waals surface area contributed by atoms with Crippen molar-refractivity contribution < 1.29 is 4.79 Å². The van der Waals surface area contributed by atoms with Crippen molar-refractivity contribution in [3.05, 3.63) is 56.2 Å². The predicted molar refractivity (Wildman–Crippen MR) is 86.6 cm³/mol. The summed E-state index contributed by atoms with van der Waals surface area (Å²) >= 11 is 5.04. The molecule has 0 aliphatic heterocycles. The lowest BCUT2D eigenvalue weighted by atomic mass is 10.0. The Morgan fingerprint density at radius 3 is 2.60 bits per heavy atom. The number of carbonyl (C=O) groups is 1. The van der Waals surface area contributed by atoms with Crippen molar-refractivity contribution in [2.24, 2.45) is 5.73 Å². The average Bonchev–Trinajstić information content (AvgIpc) is 2.83. The molecule has 0 fully saturated rings. The van der Waals surface area contributed by atoms with E-state index in [1.807, 2.05) is 42.6 Å². The fourth-order valence-electron chi connectivity index (χ4n) is 1.90. The molecule has 0 aliphatic carbocycles. The third kappa shape index (κ3) is 3.69. The van der Waals surface area contributed by atoms with Gasteiger partial charge in [0.2, 0.25) is 5.91 Å². The first-order valence-corrected chi connectivity index (χ1v) is 7.94. The Balaban J connectivity index is 2.04. The van der Waals surface area contributed by atoms with E-state index >= 15 is 0 Å². The smallest absolute Gasteiger partial charge is 0.244 e. The second-order valence-corrected chi connectivity index (χ2v) is 6.73. The highest BCUT2D eigenvalue weighted by Crippen LogP contribution is 2.22. The van der Waals surface area contributed by atoms with Crippen LogP contribution >= 0.6 is 27.3 Å². The van der Waals surface area contributed by atoms with Gasteiger partial charge in [0.25, 0.3) is 0 Å². The number of halogens is 1. The van der Waals surface area contributed by atoms with Gasteiger partial charge in [0, 0.05) is 21.8 Å². The summed E-state index contributed by atoms with van der Waals surface area (Å²) in [6.07, 6.45) is 0. The fourth-order valence-corrected chi connectivity index (χ4v) is 3.41. The Hall–Kier alpha value is -1.17. The molecule has 2 aromatic rings. The number of nitrogens with zero attached hydrogens (tertiary/aromatic N) is 1. The summed E-state index contributed by atoms with van der Waals surface area (Å²) in [4.78, 5) is 15.1. The van der Waals surface area contributed by atoms with Crippen LogP contribution < -0.4 is 5.73 Å². The summed E-state index contributed by atoms with van der Waals surface area (Å²) in [7, 11) is 1.78. The molecule has 1 aromatic carbocycles. The highest BCUT2D eigenvalue weighted by Gasteiger charge is 2.20. The molecule has 0 bridgehead atoms. The highest BCUT2D eigenvalue weighted by molar-refractivity contribution is 9.10. The molecule has 1 amide bonds. The second kappa shape index (κ2) is 6.52. The Labute approximate surface area is 131 Å². The lowest BCUT2D eigenvalue weighted by Gasteiger charge is -2.21. The Morgan fingerprint density at radius 1 is 1.40 bits per heavy atom. The maximum Gasteiger partial charge on any atom is 0.244 e. The predicted octanol–water partition coefficient (Wildman–Crippen LogP) is 3.48. The number of hydrogen-bond donors (Lipinski definition) is 1. The van der Waals surface area contributed by atoms with E-state index < -0.39 is 6.04 Å². The summed E-state index contributed by atoms with van der Waals surface area (Å²) in [6.45, 7) is 2.59. The molecular weight excluding hydrogens is 336 g/mol. The fraction of sp³-hybridized carbons (Fsp3) is 0.267. The van der Waals surface area contributed by atoms with E-state index in [4.69, 9.17) is 5.73 Å². The minimum absolute atomic E-state index is 0.0709. The van der Waals surface area contributed by atoms with Gasteiger partial charge < -0.3 is 10.6 Å². The summed E-state index contributed by atoms with van der Waals surface area (Å²) < 4.78 is 1.04. The van der Waals surface area contributed by atoms with Crippen LogP contribution in [-0.2, 0) is 11.3 Å². The number of amides is 1. The molecule has 2 N–H and O–H groups in total. The van der Waals surface area contributed by atoms with Crippen LogP contribution in [0.1, 0.15) is 22.0 Å². The molecule has 0 radical (unpaired) electrons. The van der Waals surface area contributed by atoms with Crippen molar-refractivity contribution in [1.29, 1.82) is 0 Å². The van der Waals surface area contributed by atoms with Crippen molar-refractivity contribution >= 4 is 33.2 Å². The van der Waals surface area contributed by atoms with Gasteiger partial charge in [0.05, 0.1) is 6.54 Å². The van der Waals surface area contributed by atoms with Gasteiger partial charge in [-0.3, -0.25) is 4.79 Å². The number of benzene rings is 1. The molecule has 1 atom stereocenters. The largest absolute Gasteiger partial charge is 0.339 e. The maximum absolute atomic E-state index is 12.3. The van der Waals surface area contributed by atoms with Crippen LogP contribution in [0.15, 0.2) is 40.2 Å². The summed E-state index contributed by atoms with van der Waals surface area (Å²) in [5.74, 6) is -0.0709. The van der Waals surface area contributed by atoms with Gasteiger partial charge in [-0.25, -0.2) is 0 Å². The maximum atomic E-state index is 12.3. The number of aryl methyl sites for hydroxylation is 1. The minimum Gasteiger partial charge on any atom is -0.339 e. The molecule has 0 spiro atoms. The van der Waals surface area contributed by atoms with E-state index in [-0.39, 0.29) is 5.91 Å². The lowest BCUT2D eigenvalue weighted by molar-refractivity contribution is -0.131. The van der Waals surface area contributed by atoms with Crippen LogP contribution in [0.25, 0.3) is 0 Å². The van der Waals surface area contributed by atoms with Crippen molar-refractivity contribution in [2.75, 3.05) is 7.05 Å². The van der Waals surface area contributed by atoms with E-state index in [1.165, 1.54) is 0 Å². The van der Waals surface area contributed by atoms with Crippen molar-refractivity contribution in [3.63, 3.8) is 0 Å². The number of likely N-dealkylation sites (N-methyl/N-ethyl adjacent to an activating group) is 1. The zero-order chi connectivity index (χ0) is 14.7. The molecule has 3 nitrogen and oxygen atoms in total. The normalized spacial score (nSPS) is 12.2. The second-order valence-electron chi connectivity index (χ2n) is 4.81. The van der Waals surface area contributed by atoms with Gasteiger partial charge in [-0.1, -0.05) is 29.8 Å². The Bertz CT molecular complexity index is 594. The standard InChI is InChI=1S/C15H17BrN2OS/c1-10-3-5-11(6-4-10)14(17)15(19)18(2)8-13-7-12(16)9-20-13/h3-7,9,14H,8,17H2,1-2H3. The third-order valence-corrected chi connectivity index (χ3v) is 4.78. The van der Waals surface area contributed by atoms with Crippen LogP contribution in [0.4, 0.5) is 0 Å². The quantitative estimate of drug-likeness (QED) is 0.915. The summed E-state index contributed by atoms with van der Waals surface area (Å²) in [5.41, 5.74) is 8.06. The lowest BCUT2D eigenvalue weighted by Crippen LogP contribution is -2.35. The van der Waals surface area contributed by atoms with E-state index in [0.29, 0.717) is 6.54 Å². The number of nitrogens with two attached hydrogens (primary N) is 1. The molecule has 106 valence electrons. The van der Waals surface area contributed by atoms with Crippen LogP contribution in [-0.4, -0.2) is 17.9 Å². The van der Waals surface area contributed by atoms with Crippen LogP contribution in [0, 0.1) is 6.92 Å². The molecule has 20 heavy (non-hydrogen) atoms. The summed E-state index contributed by atoms with van der Waals surface area (Å²) in [6, 6.07) is 9.17. The van der Waals surface area contributed by atoms with Gasteiger partial charge in [-0.05, 0) is 34.5 Å². The molecule has 1 heterocycles. The summed E-state index contributed by atoms with van der Waals surface area (Å²) in [5, 5.41) is 2.01. The number of thiophene rings is 1. The Morgan fingerprint density at radius 2 is 2.05 bits per heavy atom. The first-order valence-electron chi connectivity index (χ1n) is 6.27. The first kappa shape index (κ1) is 15.2. The van der Waals surface area contributed by atoms with E-state index in [0.717, 1.165) is 20.5 Å². The van der Waals surface area contributed by atoms with Crippen molar-refractivity contribution in [3.8, 4) is 0 Å². The van der Waals surface area contributed by atoms with E-state index in [2.05, 4.69) is 15.9 Å². The van der Waals surface area contributed by atoms with Crippen LogP contribution in [0.5, 0.6) is 0 Å². The number of carbonyl (C=O) groups excluding carboxylic acids is 1. The number of hydrogen-bond acceptors (Lipinski definition) is 3. The van der Waals surface area contributed by atoms with E-state index in [1.54, 1.807) is 23.3 Å². The SMILES string of the molecule is Cc1ccc(C(N)C(=O)N(C)Cc2cc(Br)cs2)cc1. The monoisotopic (exact) mass is 352 g/mol. The zero-order valence-corrected chi connectivity index (χ0v) is 13.9. The van der Waals surface area contributed by atoms with Gasteiger partial charge in [-0.15, -0.1) is 11.3 Å². The molecule has 5 heteroatoms. The molecule has 0 saturated heterocycles.